The number of benzene rings is 2. The van der Waals surface area contributed by atoms with Crippen LogP contribution in [0.15, 0.2) is 51.9 Å². The Kier molecular flexibility index (Phi) is 12.7. The first-order valence-electron chi connectivity index (χ1n) is 16.6. The molecule has 14 heteroatoms. The summed E-state index contributed by atoms with van der Waals surface area (Å²) < 4.78 is 46.8. The summed E-state index contributed by atoms with van der Waals surface area (Å²) in [5, 5.41) is 17.0. The van der Waals surface area contributed by atoms with Gasteiger partial charge in [0.25, 0.3) is 15.9 Å². The zero-order valence-electron chi connectivity index (χ0n) is 29.4. The summed E-state index contributed by atoms with van der Waals surface area (Å²) in [5.74, 6) is 0.104. The van der Waals surface area contributed by atoms with E-state index in [-0.39, 0.29) is 53.9 Å². The van der Waals surface area contributed by atoms with Gasteiger partial charge in [0.2, 0.25) is 0 Å². The van der Waals surface area contributed by atoms with Gasteiger partial charge in [-0.15, -0.1) is 0 Å². The lowest BCUT2D eigenvalue weighted by Gasteiger charge is -2.35. The molecule has 3 amide bonds. The molecule has 4 atom stereocenters. The molecule has 0 unspecified atom stereocenters. The molecule has 49 heavy (non-hydrogen) atoms. The monoisotopic (exact) mass is 699 g/mol. The van der Waals surface area contributed by atoms with Gasteiger partial charge in [-0.1, -0.05) is 29.8 Å². The number of nitrogens with zero attached hydrogens (tertiary/aromatic N) is 3. The Morgan fingerprint density at radius 1 is 1.12 bits per heavy atom. The zero-order valence-corrected chi connectivity index (χ0v) is 30.2. The van der Waals surface area contributed by atoms with Crippen molar-refractivity contribution < 1.29 is 37.1 Å². The Bertz CT molecular complexity index is 1670. The standard InChI is InChI=1S/C35H49N5O8S/c1-22-11-14-29(15-12-22)49(44,45)38-28-13-16-31-30(18-28)34(42)40(24(3)21-41)19-23(2)32(46-17-9-8-10-25(4)47-31)20-39(7)35(43)36-33-26(5)37-48-27(33)6/h11-16,18,23-25,32,38,41H,8-10,17,19-21H2,1-7H3,(H,36,43)/t23-,24+,25+,32+/m0/s1. The summed E-state index contributed by atoms with van der Waals surface area (Å²) in [5.41, 5.74) is 2.37. The maximum atomic E-state index is 14.4. The van der Waals surface area contributed by atoms with Crippen LogP contribution in [0.2, 0.25) is 0 Å². The normalized spacial score (nSPS) is 20.0. The fourth-order valence-corrected chi connectivity index (χ4v) is 6.65. The molecular formula is C35H49N5O8S. The average Bonchev–Trinajstić information content (AvgIpc) is 3.38. The van der Waals surface area contributed by atoms with E-state index in [1.165, 1.54) is 23.1 Å². The molecule has 0 saturated heterocycles. The highest BCUT2D eigenvalue weighted by Gasteiger charge is 2.31. The zero-order chi connectivity index (χ0) is 35.9. The number of likely N-dealkylation sites (N-methyl/N-ethyl adjacent to an activating group) is 1. The van der Waals surface area contributed by atoms with Gasteiger partial charge in [-0.2, -0.15) is 0 Å². The molecule has 0 saturated carbocycles. The molecule has 3 N–H and O–H groups in total. The number of anilines is 2. The number of hydrogen-bond donors (Lipinski definition) is 3. The number of aromatic nitrogens is 1. The third-order valence-corrected chi connectivity index (χ3v) is 10.1. The summed E-state index contributed by atoms with van der Waals surface area (Å²) >= 11 is 0. The summed E-state index contributed by atoms with van der Waals surface area (Å²) in [7, 11) is -2.27. The van der Waals surface area contributed by atoms with Gasteiger partial charge < -0.3 is 34.2 Å². The lowest BCUT2D eigenvalue weighted by Crippen LogP contribution is -2.48. The second-order valence-corrected chi connectivity index (χ2v) is 14.6. The highest BCUT2D eigenvalue weighted by Crippen LogP contribution is 2.30. The van der Waals surface area contributed by atoms with Gasteiger partial charge in [-0.25, -0.2) is 13.2 Å². The molecule has 1 aliphatic rings. The largest absolute Gasteiger partial charge is 0.490 e. The minimum atomic E-state index is -3.94. The van der Waals surface area contributed by atoms with Crippen LogP contribution in [0.4, 0.5) is 16.2 Å². The number of carbonyl (C=O) groups is 2. The fourth-order valence-electron chi connectivity index (χ4n) is 5.60. The maximum absolute atomic E-state index is 14.4. The van der Waals surface area contributed by atoms with Crippen molar-refractivity contribution in [2.24, 2.45) is 5.92 Å². The Morgan fingerprint density at radius 2 is 1.84 bits per heavy atom. The molecule has 0 bridgehead atoms. The van der Waals surface area contributed by atoms with Gasteiger partial charge in [0.05, 0.1) is 35.3 Å². The van der Waals surface area contributed by atoms with Crippen LogP contribution in [0, 0.1) is 26.7 Å². The van der Waals surface area contributed by atoms with E-state index in [1.807, 2.05) is 20.8 Å². The third-order valence-electron chi connectivity index (χ3n) is 8.70. The van der Waals surface area contributed by atoms with Crippen LogP contribution in [-0.4, -0.2) is 92.0 Å². The van der Waals surface area contributed by atoms with Crippen molar-refractivity contribution in [2.75, 3.05) is 43.4 Å². The van der Waals surface area contributed by atoms with E-state index < -0.39 is 28.1 Å². The van der Waals surface area contributed by atoms with Gasteiger partial charge in [0.15, 0.2) is 5.76 Å². The van der Waals surface area contributed by atoms with E-state index in [1.54, 1.807) is 57.0 Å². The number of amides is 3. The first-order valence-corrected chi connectivity index (χ1v) is 18.1. The number of ether oxygens (including phenoxy) is 2. The molecule has 268 valence electrons. The Balaban J connectivity index is 1.63. The average molecular weight is 700 g/mol. The molecule has 0 radical (unpaired) electrons. The molecule has 2 aromatic carbocycles. The van der Waals surface area contributed by atoms with E-state index in [2.05, 4.69) is 15.2 Å². The van der Waals surface area contributed by atoms with Crippen molar-refractivity contribution in [1.82, 2.24) is 15.0 Å². The van der Waals surface area contributed by atoms with Crippen molar-refractivity contribution >= 4 is 33.3 Å². The molecule has 1 aromatic heterocycles. The third kappa shape index (κ3) is 9.73. The van der Waals surface area contributed by atoms with Gasteiger partial charge in [0, 0.05) is 38.3 Å². The van der Waals surface area contributed by atoms with E-state index in [0.29, 0.717) is 35.9 Å². The summed E-state index contributed by atoms with van der Waals surface area (Å²) in [6.45, 7) is 11.5. The predicted octanol–water partition coefficient (Wildman–Crippen LogP) is 5.36. The lowest BCUT2D eigenvalue weighted by molar-refractivity contribution is -0.0115. The maximum Gasteiger partial charge on any atom is 0.321 e. The van der Waals surface area contributed by atoms with Crippen LogP contribution in [0.3, 0.4) is 0 Å². The first-order chi connectivity index (χ1) is 23.2. The Labute approximate surface area is 289 Å². The predicted molar refractivity (Wildman–Crippen MR) is 186 cm³/mol. The second kappa shape index (κ2) is 16.5. The number of aliphatic hydroxyl groups is 1. The lowest BCUT2D eigenvalue weighted by atomic mass is 10.0. The topological polar surface area (TPSA) is 164 Å². The van der Waals surface area contributed by atoms with Crippen LogP contribution in [-0.2, 0) is 14.8 Å². The van der Waals surface area contributed by atoms with Crippen LogP contribution < -0.4 is 14.8 Å². The second-order valence-electron chi connectivity index (χ2n) is 12.9. The summed E-state index contributed by atoms with van der Waals surface area (Å²) in [6, 6.07) is 10.2. The molecule has 4 rings (SSSR count). The number of hydrogen-bond acceptors (Lipinski definition) is 9. The fraction of sp³-hybridized carbons (Fsp3) is 0.514. The quantitative estimate of drug-likeness (QED) is 0.281. The molecule has 0 aliphatic carbocycles. The molecule has 0 spiro atoms. The van der Waals surface area contributed by atoms with Crippen LogP contribution in [0.25, 0.3) is 0 Å². The van der Waals surface area contributed by atoms with Crippen LogP contribution >= 0.6 is 0 Å². The highest BCUT2D eigenvalue weighted by atomic mass is 32.2. The molecule has 3 aromatic rings. The number of aryl methyl sites for hydroxylation is 3. The van der Waals surface area contributed by atoms with E-state index in [0.717, 1.165) is 18.4 Å². The van der Waals surface area contributed by atoms with Gasteiger partial charge in [-0.3, -0.25) is 9.52 Å². The van der Waals surface area contributed by atoms with E-state index in [9.17, 15) is 23.1 Å². The number of sulfonamides is 1. The van der Waals surface area contributed by atoms with Gasteiger partial charge in [-0.05, 0) is 84.2 Å². The van der Waals surface area contributed by atoms with E-state index >= 15 is 0 Å². The molecule has 1 aliphatic heterocycles. The summed E-state index contributed by atoms with van der Waals surface area (Å²) in [4.78, 5) is 30.7. The molecule has 0 fully saturated rings. The Morgan fingerprint density at radius 3 is 2.49 bits per heavy atom. The SMILES string of the molecule is Cc1ccc(S(=O)(=O)Nc2ccc3c(c2)C(=O)N([C@H](C)CO)C[C@H](C)[C@@H](CN(C)C(=O)Nc2c(C)noc2C)OCCCC[C@@H](C)O3)cc1. The van der Waals surface area contributed by atoms with Gasteiger partial charge >= 0.3 is 6.03 Å². The number of urea groups is 1. The van der Waals surface area contributed by atoms with Crippen molar-refractivity contribution in [1.29, 1.82) is 0 Å². The smallest absolute Gasteiger partial charge is 0.321 e. The molecule has 13 nitrogen and oxygen atoms in total. The first kappa shape index (κ1) is 37.7. The van der Waals surface area contributed by atoms with Crippen LogP contribution in [0.5, 0.6) is 5.75 Å². The number of rotatable bonds is 8. The minimum absolute atomic E-state index is 0.0927. The number of aliphatic hydroxyl groups excluding tert-OH is 1. The molecule has 2 heterocycles. The van der Waals surface area contributed by atoms with Crippen molar-refractivity contribution in [3.8, 4) is 5.75 Å². The van der Waals surface area contributed by atoms with Crippen molar-refractivity contribution in [3.63, 3.8) is 0 Å². The van der Waals surface area contributed by atoms with E-state index in [4.69, 9.17) is 14.0 Å². The molecular weight excluding hydrogens is 650 g/mol. The van der Waals surface area contributed by atoms with Crippen molar-refractivity contribution in [3.05, 3.63) is 65.0 Å². The highest BCUT2D eigenvalue weighted by molar-refractivity contribution is 7.92. The number of nitrogens with one attached hydrogen (secondary N) is 2. The van der Waals surface area contributed by atoms with Gasteiger partial charge in [0.1, 0.15) is 17.1 Å². The Hall–Kier alpha value is -4.14. The van der Waals surface area contributed by atoms with Crippen LogP contribution in [0.1, 0.15) is 67.4 Å². The van der Waals surface area contributed by atoms with Crippen molar-refractivity contribution in [2.45, 2.75) is 84.0 Å². The number of fused-ring (bicyclic) bond motifs is 1. The minimum Gasteiger partial charge on any atom is -0.490 e. The summed E-state index contributed by atoms with van der Waals surface area (Å²) in [6.07, 6.45) is 1.55. The number of carbonyl (C=O) groups excluding carboxylic acids is 2.